The SMILES string of the molecule is COC1OC(O)C(O)(CC[C@@]2(O)[C@H](C)C[C@@H](OC(C)=O)[C@H]3C(C)(C)CCC[C@@]32C)C1O. The van der Waals surface area contributed by atoms with Crippen molar-refractivity contribution in [3.8, 4) is 0 Å². The molecule has 180 valence electrons. The average Bonchev–Trinajstić information content (AvgIpc) is 2.87. The molecular weight excluding hydrogens is 404 g/mol. The largest absolute Gasteiger partial charge is 0.462 e. The monoisotopic (exact) mass is 444 g/mol. The van der Waals surface area contributed by atoms with Gasteiger partial charge >= 0.3 is 5.97 Å². The first-order valence-corrected chi connectivity index (χ1v) is 11.4. The van der Waals surface area contributed by atoms with E-state index in [1.807, 2.05) is 6.92 Å². The van der Waals surface area contributed by atoms with Gasteiger partial charge in [0, 0.05) is 25.4 Å². The van der Waals surface area contributed by atoms with Crippen molar-refractivity contribution >= 4 is 5.97 Å². The van der Waals surface area contributed by atoms with E-state index in [-0.39, 0.29) is 42.2 Å². The lowest BCUT2D eigenvalue weighted by Crippen LogP contribution is -2.67. The number of hydrogen-bond donors (Lipinski definition) is 4. The second-order valence-corrected chi connectivity index (χ2v) is 11.0. The van der Waals surface area contributed by atoms with Crippen LogP contribution in [0.5, 0.6) is 0 Å². The summed E-state index contributed by atoms with van der Waals surface area (Å²) in [5, 5.41) is 43.9. The zero-order chi connectivity index (χ0) is 23.4. The van der Waals surface area contributed by atoms with E-state index in [1.165, 1.54) is 14.0 Å². The van der Waals surface area contributed by atoms with E-state index in [0.29, 0.717) is 6.42 Å². The first kappa shape index (κ1) is 24.9. The topological polar surface area (TPSA) is 126 Å². The molecule has 4 unspecified atom stereocenters. The number of aliphatic hydroxyl groups excluding tert-OH is 2. The van der Waals surface area contributed by atoms with Gasteiger partial charge in [0.1, 0.15) is 17.8 Å². The van der Waals surface area contributed by atoms with Gasteiger partial charge < -0.3 is 34.6 Å². The predicted molar refractivity (Wildman–Crippen MR) is 112 cm³/mol. The molecule has 2 saturated carbocycles. The van der Waals surface area contributed by atoms with Gasteiger partial charge in [-0.05, 0) is 43.4 Å². The third kappa shape index (κ3) is 3.83. The van der Waals surface area contributed by atoms with Gasteiger partial charge in [-0.15, -0.1) is 0 Å². The van der Waals surface area contributed by atoms with Crippen LogP contribution in [-0.2, 0) is 19.0 Å². The van der Waals surface area contributed by atoms with Crippen LogP contribution in [0.4, 0.5) is 0 Å². The number of hydrogen-bond acceptors (Lipinski definition) is 8. The molecule has 0 radical (unpaired) electrons. The number of carbonyl (C=O) groups excluding carboxylic acids is 1. The molecule has 1 aliphatic heterocycles. The Morgan fingerprint density at radius 1 is 1.13 bits per heavy atom. The molecule has 0 spiro atoms. The van der Waals surface area contributed by atoms with Crippen LogP contribution in [0.15, 0.2) is 0 Å². The Morgan fingerprint density at radius 3 is 2.32 bits per heavy atom. The number of methoxy groups -OCH3 is 1. The number of rotatable bonds is 5. The fourth-order valence-corrected chi connectivity index (χ4v) is 7.14. The van der Waals surface area contributed by atoms with Crippen molar-refractivity contribution in [1.82, 2.24) is 0 Å². The molecular formula is C23H40O8. The molecule has 0 aromatic rings. The summed E-state index contributed by atoms with van der Waals surface area (Å²) in [7, 11) is 1.33. The molecule has 8 nitrogen and oxygen atoms in total. The van der Waals surface area contributed by atoms with Crippen molar-refractivity contribution < 1.29 is 39.4 Å². The summed E-state index contributed by atoms with van der Waals surface area (Å²) in [6, 6.07) is 0. The molecule has 0 aromatic heterocycles. The summed E-state index contributed by atoms with van der Waals surface area (Å²) >= 11 is 0. The Kier molecular flexibility index (Phi) is 6.59. The standard InChI is InChI=1S/C23H40O8/c1-13-12-15(30-14(2)24)16-20(3,4)8-7-9-21(16,5)23(13,28)11-10-22(27)17(25)18(29-6)31-19(22)26/h13,15-19,25-28H,7-12H2,1-6H3/t13-,15-,16+,17?,18?,19?,21+,22?,23-/m1/s1. The summed E-state index contributed by atoms with van der Waals surface area (Å²) < 4.78 is 15.9. The minimum atomic E-state index is -1.95. The Balaban J connectivity index is 1.93. The van der Waals surface area contributed by atoms with E-state index in [2.05, 4.69) is 20.8 Å². The maximum absolute atomic E-state index is 12.2. The van der Waals surface area contributed by atoms with Crippen LogP contribution in [0.1, 0.15) is 73.1 Å². The molecule has 4 N–H and O–H groups in total. The van der Waals surface area contributed by atoms with E-state index in [0.717, 1.165) is 19.3 Å². The normalized spacial score (nSPS) is 49.5. The second kappa shape index (κ2) is 8.22. The van der Waals surface area contributed by atoms with Gasteiger partial charge in [0.05, 0.1) is 5.60 Å². The number of aliphatic hydroxyl groups is 4. The van der Waals surface area contributed by atoms with E-state index >= 15 is 0 Å². The predicted octanol–water partition coefficient (Wildman–Crippen LogP) is 1.71. The van der Waals surface area contributed by atoms with Crippen LogP contribution in [0.2, 0.25) is 0 Å². The maximum Gasteiger partial charge on any atom is 0.302 e. The van der Waals surface area contributed by atoms with Gasteiger partial charge in [-0.1, -0.05) is 34.1 Å². The number of esters is 1. The lowest BCUT2D eigenvalue weighted by atomic mass is 9.43. The van der Waals surface area contributed by atoms with Crippen molar-refractivity contribution in [2.24, 2.45) is 22.7 Å². The summed E-state index contributed by atoms with van der Waals surface area (Å²) in [5.74, 6) is -0.596. The molecule has 0 aromatic carbocycles. The van der Waals surface area contributed by atoms with Crippen LogP contribution in [0, 0.1) is 22.7 Å². The molecule has 0 bridgehead atoms. The molecule has 3 rings (SSSR count). The van der Waals surface area contributed by atoms with Crippen LogP contribution < -0.4 is 0 Å². The second-order valence-electron chi connectivity index (χ2n) is 11.0. The van der Waals surface area contributed by atoms with E-state index < -0.39 is 35.3 Å². The highest BCUT2D eigenvalue weighted by Gasteiger charge is 2.66. The van der Waals surface area contributed by atoms with Gasteiger partial charge in [0.2, 0.25) is 0 Å². The first-order chi connectivity index (χ1) is 14.2. The number of fused-ring (bicyclic) bond motifs is 1. The Hall–Kier alpha value is -0.770. The molecule has 2 aliphatic carbocycles. The molecule has 8 heteroatoms. The van der Waals surface area contributed by atoms with Crippen molar-refractivity contribution in [1.29, 1.82) is 0 Å². The Labute approximate surface area is 184 Å². The third-order valence-electron chi connectivity index (χ3n) is 8.72. The highest BCUT2D eigenvalue weighted by molar-refractivity contribution is 5.66. The molecule has 0 amide bonds. The fraction of sp³-hybridized carbons (Fsp3) is 0.957. The van der Waals surface area contributed by atoms with Gasteiger partial charge in [-0.2, -0.15) is 0 Å². The van der Waals surface area contributed by atoms with E-state index in [9.17, 15) is 25.2 Å². The van der Waals surface area contributed by atoms with Gasteiger partial charge in [0.25, 0.3) is 0 Å². The highest BCUT2D eigenvalue weighted by Crippen LogP contribution is 2.64. The number of ether oxygens (including phenoxy) is 3. The van der Waals surface area contributed by atoms with Crippen molar-refractivity contribution in [2.45, 2.75) is 109 Å². The molecule has 3 aliphatic rings. The van der Waals surface area contributed by atoms with Crippen LogP contribution in [0.25, 0.3) is 0 Å². The summed E-state index contributed by atoms with van der Waals surface area (Å²) in [4.78, 5) is 11.8. The minimum absolute atomic E-state index is 0.0585. The van der Waals surface area contributed by atoms with Crippen LogP contribution in [-0.4, -0.2) is 69.5 Å². The molecule has 1 heterocycles. The van der Waals surface area contributed by atoms with Crippen molar-refractivity contribution in [2.75, 3.05) is 7.11 Å². The minimum Gasteiger partial charge on any atom is -0.462 e. The first-order valence-electron chi connectivity index (χ1n) is 11.4. The van der Waals surface area contributed by atoms with Crippen molar-refractivity contribution in [3.63, 3.8) is 0 Å². The smallest absolute Gasteiger partial charge is 0.302 e. The van der Waals surface area contributed by atoms with Crippen molar-refractivity contribution in [3.05, 3.63) is 0 Å². The lowest BCUT2D eigenvalue weighted by molar-refractivity contribution is -0.257. The number of carbonyl (C=O) groups is 1. The Bertz CT molecular complexity index is 682. The molecule has 3 fully saturated rings. The van der Waals surface area contributed by atoms with E-state index in [4.69, 9.17) is 14.2 Å². The zero-order valence-corrected chi connectivity index (χ0v) is 19.6. The molecule has 31 heavy (non-hydrogen) atoms. The summed E-state index contributed by atoms with van der Waals surface area (Å²) in [5.41, 5.74) is -3.85. The molecule has 1 saturated heterocycles. The van der Waals surface area contributed by atoms with E-state index in [1.54, 1.807) is 0 Å². The zero-order valence-electron chi connectivity index (χ0n) is 19.6. The third-order valence-corrected chi connectivity index (χ3v) is 8.72. The van der Waals surface area contributed by atoms with Gasteiger partial charge in [0.15, 0.2) is 12.6 Å². The van der Waals surface area contributed by atoms with Crippen LogP contribution in [0.3, 0.4) is 0 Å². The summed E-state index contributed by atoms with van der Waals surface area (Å²) in [6.07, 6.45) is -1.19. The summed E-state index contributed by atoms with van der Waals surface area (Å²) in [6.45, 7) is 9.75. The maximum atomic E-state index is 12.2. The highest BCUT2D eigenvalue weighted by atomic mass is 16.8. The fourth-order valence-electron chi connectivity index (χ4n) is 7.14. The quantitative estimate of drug-likeness (QED) is 0.472. The Morgan fingerprint density at radius 2 is 1.77 bits per heavy atom. The van der Waals surface area contributed by atoms with Gasteiger partial charge in [-0.3, -0.25) is 4.79 Å². The average molecular weight is 445 g/mol. The lowest BCUT2D eigenvalue weighted by Gasteiger charge is -2.65. The molecule has 9 atom stereocenters. The van der Waals surface area contributed by atoms with Gasteiger partial charge in [-0.25, -0.2) is 0 Å². The van der Waals surface area contributed by atoms with Crippen LogP contribution >= 0.6 is 0 Å².